The van der Waals surface area contributed by atoms with Gasteiger partial charge in [-0.05, 0) is 26.8 Å². The third-order valence-corrected chi connectivity index (χ3v) is 6.96. The van der Waals surface area contributed by atoms with Gasteiger partial charge in [-0.15, -0.1) is 0 Å². The maximum absolute atomic E-state index is 14.4. The van der Waals surface area contributed by atoms with Crippen LogP contribution in [0.15, 0.2) is 29.4 Å². The number of anilines is 1. The van der Waals surface area contributed by atoms with Gasteiger partial charge in [0.25, 0.3) is 0 Å². The molecule has 3 aromatic rings. The lowest BCUT2D eigenvalue weighted by atomic mass is 10.2. The molecule has 11 heteroatoms. The van der Waals surface area contributed by atoms with E-state index in [2.05, 4.69) is 9.97 Å². The average molecular weight is 440 g/mol. The minimum atomic E-state index is -3.88. The van der Waals surface area contributed by atoms with Crippen LogP contribution in [0, 0.1) is 11.8 Å². The third-order valence-electron chi connectivity index (χ3n) is 4.46. The average Bonchev–Trinajstić information content (AvgIpc) is 3.06. The minimum absolute atomic E-state index is 0.0603. The van der Waals surface area contributed by atoms with Gasteiger partial charge in [0.1, 0.15) is 16.3 Å². The van der Waals surface area contributed by atoms with Crippen molar-refractivity contribution in [2.45, 2.75) is 36.8 Å². The molecule has 0 bridgehead atoms. The maximum atomic E-state index is 14.4. The summed E-state index contributed by atoms with van der Waals surface area (Å²) in [6.45, 7) is 4.59. The molecule has 162 valence electrons. The van der Waals surface area contributed by atoms with E-state index in [0.29, 0.717) is 6.42 Å². The van der Waals surface area contributed by atoms with Gasteiger partial charge in [-0.3, -0.25) is 4.40 Å². The molecular formula is C19H22F2N4O4S. The van der Waals surface area contributed by atoms with Gasteiger partial charge in [0.15, 0.2) is 21.5 Å². The topological polar surface area (TPSA) is 120 Å². The fraction of sp³-hybridized carbons (Fsp3) is 0.368. The number of sulfone groups is 1. The van der Waals surface area contributed by atoms with Crippen LogP contribution in [0.4, 0.5) is 14.6 Å². The molecule has 8 nitrogen and oxygen atoms in total. The van der Waals surface area contributed by atoms with Crippen molar-refractivity contribution >= 4 is 21.3 Å². The summed E-state index contributed by atoms with van der Waals surface area (Å²) in [6, 6.07) is 2.28. The molecule has 0 amide bonds. The molecule has 0 radical (unpaired) electrons. The highest BCUT2D eigenvalue weighted by atomic mass is 32.2. The van der Waals surface area contributed by atoms with Crippen molar-refractivity contribution in [2.75, 3.05) is 18.9 Å². The first-order valence-corrected chi connectivity index (χ1v) is 10.6. The highest BCUT2D eigenvalue weighted by Crippen LogP contribution is 2.35. The zero-order valence-electron chi connectivity index (χ0n) is 16.7. The van der Waals surface area contributed by atoms with E-state index in [1.54, 1.807) is 0 Å². The van der Waals surface area contributed by atoms with Crippen LogP contribution in [0.25, 0.3) is 16.9 Å². The lowest BCUT2D eigenvalue weighted by Crippen LogP contribution is -2.28. The summed E-state index contributed by atoms with van der Waals surface area (Å²) in [5.74, 6) is -2.45. The summed E-state index contributed by atoms with van der Waals surface area (Å²) in [5, 5.41) is 8.98. The maximum Gasteiger partial charge on any atom is 0.224 e. The Hall–Kier alpha value is -2.79. The molecule has 3 aromatic heterocycles. The first-order valence-electron chi connectivity index (χ1n) is 9.08. The molecule has 0 aliphatic carbocycles. The molecule has 0 unspecified atom stereocenters. The number of hydrogen-bond donors (Lipinski definition) is 2. The van der Waals surface area contributed by atoms with Crippen LogP contribution in [-0.2, 0) is 9.84 Å². The predicted molar refractivity (Wildman–Crippen MR) is 107 cm³/mol. The number of ether oxygens (including phenoxy) is 1. The Kier molecular flexibility index (Phi) is 5.70. The molecule has 0 saturated heterocycles. The number of halogens is 2. The van der Waals surface area contributed by atoms with Crippen molar-refractivity contribution in [2.24, 2.45) is 0 Å². The zero-order chi connectivity index (χ0) is 22.3. The number of rotatable bonds is 6. The van der Waals surface area contributed by atoms with Gasteiger partial charge in [0, 0.05) is 25.3 Å². The standard InChI is InChI=1S/C19H22F2N4O4S/c1-19(2,3)30(27,28)15-10-25-13(11-7-12(20)18(22)24-17(11)21)9-23-16(25)8-14(15)29-6-4-5-26/h7-10,26H,4-6H2,1-3H3,(H2,22,24). The van der Waals surface area contributed by atoms with Crippen molar-refractivity contribution in [1.29, 1.82) is 0 Å². The molecule has 0 aromatic carbocycles. The Balaban J connectivity index is 2.26. The van der Waals surface area contributed by atoms with Crippen molar-refractivity contribution in [3.05, 3.63) is 36.3 Å². The Bertz CT molecular complexity index is 1200. The van der Waals surface area contributed by atoms with Crippen LogP contribution < -0.4 is 10.5 Å². The van der Waals surface area contributed by atoms with E-state index < -0.39 is 32.2 Å². The molecule has 3 rings (SSSR count). The van der Waals surface area contributed by atoms with Crippen LogP contribution >= 0.6 is 0 Å². The zero-order valence-corrected chi connectivity index (χ0v) is 17.5. The van der Waals surface area contributed by atoms with Crippen molar-refractivity contribution in [1.82, 2.24) is 14.4 Å². The van der Waals surface area contributed by atoms with E-state index in [4.69, 9.17) is 15.6 Å². The Morgan fingerprint density at radius 1 is 1.27 bits per heavy atom. The number of hydrogen-bond acceptors (Lipinski definition) is 7. The largest absolute Gasteiger partial charge is 0.492 e. The Labute approximate surface area is 172 Å². The number of aliphatic hydroxyl groups is 1. The van der Waals surface area contributed by atoms with E-state index in [1.165, 1.54) is 43.6 Å². The van der Waals surface area contributed by atoms with Gasteiger partial charge in [-0.2, -0.15) is 9.37 Å². The van der Waals surface area contributed by atoms with Crippen LogP contribution in [0.5, 0.6) is 5.75 Å². The second kappa shape index (κ2) is 7.80. The smallest absolute Gasteiger partial charge is 0.224 e. The first-order chi connectivity index (χ1) is 14.0. The molecule has 0 saturated carbocycles. The van der Waals surface area contributed by atoms with E-state index in [-0.39, 0.29) is 40.8 Å². The number of nitrogens with two attached hydrogens (primary N) is 1. The number of pyridine rings is 2. The third kappa shape index (κ3) is 3.82. The summed E-state index contributed by atoms with van der Waals surface area (Å²) in [6.07, 6.45) is 2.84. The fourth-order valence-corrected chi connectivity index (χ4v) is 4.02. The fourth-order valence-electron chi connectivity index (χ4n) is 2.74. The predicted octanol–water partition coefficient (Wildman–Crippen LogP) is 2.59. The van der Waals surface area contributed by atoms with E-state index in [0.717, 1.165) is 6.07 Å². The highest BCUT2D eigenvalue weighted by Gasteiger charge is 2.34. The normalized spacial score (nSPS) is 12.5. The van der Waals surface area contributed by atoms with Crippen molar-refractivity contribution in [3.8, 4) is 17.0 Å². The second-order valence-corrected chi connectivity index (χ2v) is 10.3. The summed E-state index contributed by atoms with van der Waals surface area (Å²) < 4.78 is 60.3. The lowest BCUT2D eigenvalue weighted by Gasteiger charge is -2.22. The van der Waals surface area contributed by atoms with Crippen LogP contribution in [0.1, 0.15) is 27.2 Å². The molecule has 0 atom stereocenters. The quantitative estimate of drug-likeness (QED) is 0.446. The Morgan fingerprint density at radius 2 is 1.97 bits per heavy atom. The summed E-state index contributed by atoms with van der Waals surface area (Å²) in [5.41, 5.74) is 5.44. The van der Waals surface area contributed by atoms with E-state index in [9.17, 15) is 17.2 Å². The molecule has 0 aliphatic rings. The van der Waals surface area contributed by atoms with Gasteiger partial charge in [-0.25, -0.2) is 17.8 Å². The number of imidazole rings is 1. The number of aliphatic hydroxyl groups excluding tert-OH is 1. The van der Waals surface area contributed by atoms with Gasteiger partial charge >= 0.3 is 0 Å². The molecule has 3 heterocycles. The molecule has 0 spiro atoms. The van der Waals surface area contributed by atoms with Crippen molar-refractivity contribution < 1.29 is 27.0 Å². The molecule has 0 fully saturated rings. The molecule has 30 heavy (non-hydrogen) atoms. The summed E-state index contributed by atoms with van der Waals surface area (Å²) in [4.78, 5) is 7.36. The molecular weight excluding hydrogens is 418 g/mol. The summed E-state index contributed by atoms with van der Waals surface area (Å²) >= 11 is 0. The monoisotopic (exact) mass is 440 g/mol. The number of aromatic nitrogens is 3. The van der Waals surface area contributed by atoms with Gasteiger partial charge in [0.2, 0.25) is 5.95 Å². The van der Waals surface area contributed by atoms with Gasteiger partial charge < -0.3 is 15.6 Å². The van der Waals surface area contributed by atoms with Gasteiger partial charge in [0.05, 0.1) is 28.8 Å². The number of nitrogens with zero attached hydrogens (tertiary/aromatic N) is 3. The molecule has 3 N–H and O–H groups in total. The first kappa shape index (κ1) is 21.9. The minimum Gasteiger partial charge on any atom is -0.492 e. The number of nitrogen functional groups attached to an aromatic ring is 1. The number of fused-ring (bicyclic) bond motifs is 1. The second-order valence-electron chi connectivity index (χ2n) is 7.61. The molecule has 0 aliphatic heterocycles. The van der Waals surface area contributed by atoms with Crippen LogP contribution in [0.3, 0.4) is 0 Å². The Morgan fingerprint density at radius 3 is 2.60 bits per heavy atom. The SMILES string of the molecule is CC(C)(C)S(=O)(=O)c1cn2c(-c3cc(F)c(N)nc3F)cnc2cc1OCCCO. The summed E-state index contributed by atoms with van der Waals surface area (Å²) in [7, 11) is -3.88. The highest BCUT2D eigenvalue weighted by molar-refractivity contribution is 7.92. The van der Waals surface area contributed by atoms with E-state index >= 15 is 0 Å². The van der Waals surface area contributed by atoms with Crippen LogP contribution in [-0.4, -0.2) is 45.9 Å². The lowest BCUT2D eigenvalue weighted by molar-refractivity contribution is 0.230. The van der Waals surface area contributed by atoms with Crippen molar-refractivity contribution in [3.63, 3.8) is 0 Å². The van der Waals surface area contributed by atoms with E-state index in [1.807, 2.05) is 0 Å². The van der Waals surface area contributed by atoms with Crippen LogP contribution in [0.2, 0.25) is 0 Å². The van der Waals surface area contributed by atoms with Gasteiger partial charge in [-0.1, -0.05) is 0 Å².